The highest BCUT2D eigenvalue weighted by Crippen LogP contribution is 2.08. The molecule has 0 N–H and O–H groups in total. The highest BCUT2D eigenvalue weighted by atomic mass is 28.3. The Morgan fingerprint density at radius 3 is 2.61 bits per heavy atom. The van der Waals surface area contributed by atoms with E-state index in [2.05, 4.69) is 40.9 Å². The number of rotatable bonds is 1. The number of hydrogen-bond donors (Lipinski definition) is 0. The summed E-state index contributed by atoms with van der Waals surface area (Å²) in [7, 11) is -1.43. The topological polar surface area (TPSA) is 53.0 Å². The Bertz CT molecular complexity index is 618. The van der Waals surface area contributed by atoms with Crippen LogP contribution in [0.15, 0.2) is 35.0 Å². The van der Waals surface area contributed by atoms with Gasteiger partial charge < -0.3 is 9.63 Å². The van der Waals surface area contributed by atoms with E-state index >= 15 is 0 Å². The third kappa shape index (κ3) is 2.99. The predicted octanol–water partition coefficient (Wildman–Crippen LogP) is 1.25. The minimum Gasteiger partial charge on any atom is -0.539 e. The first kappa shape index (κ1) is 12.4. The smallest absolute Gasteiger partial charge is 0.254 e. The second-order valence-electron chi connectivity index (χ2n) is 4.98. The standard InChI is InChI=1S/C13H14N2O2Si/c1-18(2,3)9-8-11-6-4-5-7-12(11)15-10-13(16)17-14-15/h4-7,10H,1-3H3. The largest absolute Gasteiger partial charge is 0.539 e. The first-order valence-electron chi connectivity index (χ1n) is 5.64. The van der Waals surface area contributed by atoms with Crippen LogP contribution in [0.25, 0.3) is 5.69 Å². The van der Waals surface area contributed by atoms with Crippen molar-refractivity contribution in [1.29, 1.82) is 0 Å². The van der Waals surface area contributed by atoms with Crippen LogP contribution < -0.4 is 9.79 Å². The van der Waals surface area contributed by atoms with Crippen molar-refractivity contribution in [1.82, 2.24) is 5.27 Å². The number of nitrogens with zero attached hydrogens (tertiary/aromatic N) is 2. The summed E-state index contributed by atoms with van der Waals surface area (Å²) in [6.45, 7) is 6.55. The van der Waals surface area contributed by atoms with Gasteiger partial charge in [-0.2, -0.15) is 0 Å². The predicted molar refractivity (Wildman–Crippen MR) is 67.7 cm³/mol. The number of benzene rings is 1. The molecule has 0 fully saturated rings. The van der Waals surface area contributed by atoms with Crippen LogP contribution in [0, 0.1) is 11.5 Å². The van der Waals surface area contributed by atoms with E-state index in [0.29, 0.717) is 0 Å². The first-order valence-corrected chi connectivity index (χ1v) is 9.14. The van der Waals surface area contributed by atoms with Crippen LogP contribution in [0.1, 0.15) is 5.56 Å². The van der Waals surface area contributed by atoms with E-state index in [1.807, 2.05) is 24.3 Å². The van der Waals surface area contributed by atoms with Crippen molar-refractivity contribution in [3.63, 3.8) is 0 Å². The maximum Gasteiger partial charge on any atom is 0.254 e. The van der Waals surface area contributed by atoms with Gasteiger partial charge >= 0.3 is 0 Å². The second kappa shape index (κ2) is 4.67. The molecule has 0 amide bonds. The van der Waals surface area contributed by atoms with E-state index in [4.69, 9.17) is 0 Å². The molecule has 1 aromatic carbocycles. The summed E-state index contributed by atoms with van der Waals surface area (Å²) in [6, 6.07) is 7.56. The van der Waals surface area contributed by atoms with Gasteiger partial charge in [0.05, 0.1) is 10.8 Å². The molecule has 1 heterocycles. The Morgan fingerprint density at radius 1 is 1.28 bits per heavy atom. The zero-order valence-electron chi connectivity index (χ0n) is 10.6. The molecule has 0 spiro atoms. The molecule has 1 aromatic heterocycles. The summed E-state index contributed by atoms with van der Waals surface area (Å²) in [5.41, 5.74) is 4.90. The average Bonchev–Trinajstić information content (AvgIpc) is 2.72. The zero-order valence-corrected chi connectivity index (χ0v) is 11.6. The molecule has 0 saturated heterocycles. The van der Waals surface area contributed by atoms with Gasteiger partial charge in [0.15, 0.2) is 0 Å². The molecule has 0 atom stereocenters. The van der Waals surface area contributed by atoms with Crippen molar-refractivity contribution in [2.24, 2.45) is 0 Å². The summed E-state index contributed by atoms with van der Waals surface area (Å²) >= 11 is 0. The fourth-order valence-electron chi connectivity index (χ4n) is 1.38. The van der Waals surface area contributed by atoms with Crippen molar-refractivity contribution < 1.29 is 14.3 Å². The monoisotopic (exact) mass is 258 g/mol. The maximum absolute atomic E-state index is 11.0. The molecular formula is C13H14N2O2Si. The van der Waals surface area contributed by atoms with Gasteiger partial charge in [0.1, 0.15) is 14.0 Å². The lowest BCUT2D eigenvalue weighted by molar-refractivity contribution is -0.670. The van der Waals surface area contributed by atoms with Gasteiger partial charge in [0.2, 0.25) is 6.20 Å². The Hall–Kier alpha value is -2.06. The Balaban J connectivity index is 2.46. The van der Waals surface area contributed by atoms with Crippen molar-refractivity contribution in [2.45, 2.75) is 19.6 Å². The molecular weight excluding hydrogens is 244 g/mol. The summed E-state index contributed by atoms with van der Waals surface area (Å²) < 4.78 is 5.95. The van der Waals surface area contributed by atoms with Gasteiger partial charge in [-0.1, -0.05) is 37.7 Å². The fraction of sp³-hybridized carbons (Fsp3) is 0.231. The molecule has 2 rings (SSSR count). The van der Waals surface area contributed by atoms with Crippen LogP contribution in [0.2, 0.25) is 19.6 Å². The van der Waals surface area contributed by atoms with Crippen molar-refractivity contribution in [3.8, 4) is 23.1 Å². The van der Waals surface area contributed by atoms with E-state index in [-0.39, 0.29) is 0 Å². The Kier molecular flexibility index (Phi) is 3.21. The van der Waals surface area contributed by atoms with Crippen LogP contribution in [-0.4, -0.2) is 13.3 Å². The lowest BCUT2D eigenvalue weighted by atomic mass is 10.2. The van der Waals surface area contributed by atoms with Gasteiger partial charge in [-0.25, -0.2) is 0 Å². The van der Waals surface area contributed by atoms with Gasteiger partial charge in [0.25, 0.3) is 5.69 Å². The number of aromatic nitrogens is 2. The summed E-state index contributed by atoms with van der Waals surface area (Å²) in [4.78, 5) is 0. The molecule has 2 aromatic rings. The van der Waals surface area contributed by atoms with E-state index in [0.717, 1.165) is 11.3 Å². The number of hydrogen-bond acceptors (Lipinski definition) is 3. The normalized spacial score (nSPS) is 10.8. The average molecular weight is 258 g/mol. The third-order valence-electron chi connectivity index (χ3n) is 2.17. The Labute approximate surface area is 107 Å². The molecule has 18 heavy (non-hydrogen) atoms. The molecule has 0 radical (unpaired) electrons. The molecule has 4 nitrogen and oxygen atoms in total. The summed E-state index contributed by atoms with van der Waals surface area (Å²) in [5, 5.41) is 14.7. The highest BCUT2D eigenvalue weighted by Gasteiger charge is 2.14. The molecule has 0 aliphatic rings. The SMILES string of the molecule is C[Si](C)(C)C#Cc1ccccc1-[n+]1cc([O-])on1. The lowest BCUT2D eigenvalue weighted by Gasteiger charge is -2.03. The van der Waals surface area contributed by atoms with E-state index in [9.17, 15) is 5.11 Å². The molecule has 92 valence electrons. The van der Waals surface area contributed by atoms with E-state index < -0.39 is 14.0 Å². The van der Waals surface area contributed by atoms with Crippen molar-refractivity contribution in [2.75, 3.05) is 0 Å². The fourth-order valence-corrected chi connectivity index (χ4v) is 1.89. The molecule has 0 bridgehead atoms. The minimum absolute atomic E-state index is 0.469. The summed E-state index contributed by atoms with van der Waals surface area (Å²) in [6.07, 6.45) is 1.30. The molecule has 0 saturated carbocycles. The third-order valence-corrected chi connectivity index (χ3v) is 3.04. The summed E-state index contributed by atoms with van der Waals surface area (Å²) in [5.74, 6) is 2.70. The van der Waals surface area contributed by atoms with Crippen LogP contribution in [-0.2, 0) is 0 Å². The van der Waals surface area contributed by atoms with Gasteiger partial charge in [-0.15, -0.1) is 5.54 Å². The first-order chi connectivity index (χ1) is 8.46. The van der Waals surface area contributed by atoms with Crippen molar-refractivity contribution in [3.05, 3.63) is 36.0 Å². The van der Waals surface area contributed by atoms with Crippen LogP contribution in [0.3, 0.4) is 0 Å². The lowest BCUT2D eigenvalue weighted by Crippen LogP contribution is -2.32. The molecule has 0 unspecified atom stereocenters. The van der Waals surface area contributed by atoms with Gasteiger partial charge in [-0.05, 0) is 10.7 Å². The van der Waals surface area contributed by atoms with Gasteiger partial charge in [0, 0.05) is 6.07 Å². The van der Waals surface area contributed by atoms with E-state index in [1.54, 1.807) is 0 Å². The molecule has 0 aliphatic heterocycles. The minimum atomic E-state index is -1.43. The zero-order chi connectivity index (χ0) is 13.2. The highest BCUT2D eigenvalue weighted by molar-refractivity contribution is 6.83. The maximum atomic E-state index is 11.0. The number of para-hydroxylation sites is 1. The van der Waals surface area contributed by atoms with Crippen LogP contribution in [0.4, 0.5) is 0 Å². The molecule has 5 heteroatoms. The Morgan fingerprint density at radius 2 is 2.00 bits per heavy atom. The molecule has 0 aliphatic carbocycles. The van der Waals surface area contributed by atoms with Crippen molar-refractivity contribution >= 4 is 8.07 Å². The second-order valence-corrected chi connectivity index (χ2v) is 9.73. The van der Waals surface area contributed by atoms with E-state index in [1.165, 1.54) is 10.9 Å². The van der Waals surface area contributed by atoms with Crippen LogP contribution >= 0.6 is 0 Å². The quantitative estimate of drug-likeness (QED) is 0.439. The van der Waals surface area contributed by atoms with Gasteiger partial charge in [-0.3, -0.25) is 0 Å². The van der Waals surface area contributed by atoms with Crippen LogP contribution in [0.5, 0.6) is 5.95 Å².